The van der Waals surface area contributed by atoms with E-state index in [0.717, 1.165) is 12.8 Å². The van der Waals surface area contributed by atoms with Crippen molar-refractivity contribution in [2.75, 3.05) is 6.61 Å². The van der Waals surface area contributed by atoms with Crippen molar-refractivity contribution in [1.29, 1.82) is 5.26 Å². The van der Waals surface area contributed by atoms with Gasteiger partial charge in [-0.1, -0.05) is 11.6 Å². The van der Waals surface area contributed by atoms with Gasteiger partial charge in [-0.05, 0) is 32.3 Å². The molecule has 0 amide bonds. The molecule has 7 heteroatoms. The Labute approximate surface area is 122 Å². The first-order valence-corrected chi connectivity index (χ1v) is 6.50. The normalized spacial score (nSPS) is 13.3. The van der Waals surface area contributed by atoms with Crippen molar-refractivity contribution in [2.24, 2.45) is 5.73 Å². The number of benzene rings is 1. The van der Waals surface area contributed by atoms with Crippen LogP contribution in [0.25, 0.3) is 0 Å². The van der Waals surface area contributed by atoms with Crippen LogP contribution < -0.4 is 10.5 Å². The third kappa shape index (κ3) is 5.03. The van der Waals surface area contributed by atoms with Gasteiger partial charge in [-0.15, -0.1) is 0 Å². The zero-order valence-electron chi connectivity index (χ0n) is 11.1. The molecule has 0 fully saturated rings. The maximum absolute atomic E-state index is 10.6. The second-order valence-electron chi connectivity index (χ2n) is 4.71. The Morgan fingerprint density at radius 1 is 1.55 bits per heavy atom. The number of non-ortho nitro benzene ring substituents is 1. The average Bonchev–Trinajstić information content (AvgIpc) is 2.39. The zero-order valence-corrected chi connectivity index (χ0v) is 11.9. The van der Waals surface area contributed by atoms with Gasteiger partial charge in [0.1, 0.15) is 11.3 Å². The van der Waals surface area contributed by atoms with Crippen molar-refractivity contribution in [1.82, 2.24) is 0 Å². The summed E-state index contributed by atoms with van der Waals surface area (Å²) >= 11 is 5.89. The Balaban J connectivity index is 2.40. The number of unbranched alkanes of at least 4 members (excludes halogenated alkanes) is 1. The van der Waals surface area contributed by atoms with E-state index >= 15 is 0 Å². The summed E-state index contributed by atoms with van der Waals surface area (Å²) in [7, 11) is 0. The summed E-state index contributed by atoms with van der Waals surface area (Å²) in [6, 6.07) is 6.10. The molecule has 1 aromatic rings. The van der Waals surface area contributed by atoms with Gasteiger partial charge in [0.15, 0.2) is 0 Å². The van der Waals surface area contributed by atoms with Crippen LogP contribution >= 0.6 is 11.6 Å². The first-order valence-electron chi connectivity index (χ1n) is 6.12. The lowest BCUT2D eigenvalue weighted by Gasteiger charge is -2.14. The highest BCUT2D eigenvalue weighted by molar-refractivity contribution is 6.32. The van der Waals surface area contributed by atoms with Crippen molar-refractivity contribution < 1.29 is 9.66 Å². The predicted octanol–water partition coefficient (Wildman–Crippen LogP) is 3.04. The lowest BCUT2D eigenvalue weighted by Crippen LogP contribution is -2.33. The minimum absolute atomic E-state index is 0.0738. The Kier molecular flexibility index (Phi) is 5.74. The minimum atomic E-state index is -0.814. The van der Waals surface area contributed by atoms with Gasteiger partial charge >= 0.3 is 0 Å². The summed E-state index contributed by atoms with van der Waals surface area (Å²) in [5, 5.41) is 19.5. The molecule has 0 saturated heterocycles. The van der Waals surface area contributed by atoms with Crippen LogP contribution in [-0.4, -0.2) is 17.1 Å². The number of ether oxygens (including phenoxy) is 1. The molecule has 6 nitrogen and oxygen atoms in total. The van der Waals surface area contributed by atoms with E-state index in [0.29, 0.717) is 18.8 Å². The third-order valence-electron chi connectivity index (χ3n) is 2.73. The van der Waals surface area contributed by atoms with Crippen LogP contribution in [0.5, 0.6) is 5.75 Å². The van der Waals surface area contributed by atoms with Gasteiger partial charge < -0.3 is 10.5 Å². The SMILES string of the molecule is CC(N)(C#N)CCCCOc1ccc([N+](=O)[O-])cc1Cl. The number of nitro groups is 1. The van der Waals surface area contributed by atoms with E-state index in [-0.39, 0.29) is 10.7 Å². The van der Waals surface area contributed by atoms with Crippen molar-refractivity contribution in [3.8, 4) is 11.8 Å². The Morgan fingerprint density at radius 3 is 2.80 bits per heavy atom. The first-order chi connectivity index (χ1) is 9.35. The van der Waals surface area contributed by atoms with E-state index in [1.165, 1.54) is 18.2 Å². The highest BCUT2D eigenvalue weighted by Gasteiger charge is 2.16. The molecular formula is C13H16ClN3O3. The van der Waals surface area contributed by atoms with E-state index in [4.69, 9.17) is 27.3 Å². The molecule has 1 rings (SSSR count). The standard InChI is InChI=1S/C13H16ClN3O3/c1-13(16,9-15)6-2-3-7-20-12-5-4-10(17(18)19)8-11(12)14/h4-5,8H,2-3,6-7,16H2,1H3. The largest absolute Gasteiger partial charge is 0.492 e. The zero-order chi connectivity index (χ0) is 15.2. The van der Waals surface area contributed by atoms with Gasteiger partial charge in [-0.2, -0.15) is 5.26 Å². The molecule has 1 atom stereocenters. The monoisotopic (exact) mass is 297 g/mol. The summed E-state index contributed by atoms with van der Waals surface area (Å²) in [4.78, 5) is 10.0. The molecule has 0 saturated carbocycles. The highest BCUT2D eigenvalue weighted by atomic mass is 35.5. The molecule has 0 heterocycles. The molecule has 0 bridgehead atoms. The van der Waals surface area contributed by atoms with E-state index in [1.807, 2.05) is 6.07 Å². The summed E-state index contributed by atoms with van der Waals surface area (Å²) in [6.07, 6.45) is 2.06. The molecular weight excluding hydrogens is 282 g/mol. The molecule has 2 N–H and O–H groups in total. The van der Waals surface area contributed by atoms with Crippen LogP contribution in [0.2, 0.25) is 5.02 Å². The fraction of sp³-hybridized carbons (Fsp3) is 0.462. The molecule has 0 spiro atoms. The topological polar surface area (TPSA) is 102 Å². The van der Waals surface area contributed by atoms with Gasteiger partial charge in [-0.3, -0.25) is 10.1 Å². The molecule has 0 aromatic heterocycles. The molecule has 0 aliphatic heterocycles. The molecule has 108 valence electrons. The second kappa shape index (κ2) is 7.08. The number of nitrogens with two attached hydrogens (primary N) is 1. The number of hydrogen-bond donors (Lipinski definition) is 1. The summed E-state index contributed by atoms with van der Waals surface area (Å²) in [6.45, 7) is 2.10. The van der Waals surface area contributed by atoms with E-state index in [2.05, 4.69) is 0 Å². The second-order valence-corrected chi connectivity index (χ2v) is 5.11. The van der Waals surface area contributed by atoms with Crippen LogP contribution in [0.3, 0.4) is 0 Å². The summed E-state index contributed by atoms with van der Waals surface area (Å²) in [5.74, 6) is 0.410. The maximum Gasteiger partial charge on any atom is 0.271 e. The van der Waals surface area contributed by atoms with Gasteiger partial charge in [-0.25, -0.2) is 0 Å². The number of nitrogens with zero attached hydrogens (tertiary/aromatic N) is 2. The molecule has 0 aliphatic rings. The molecule has 0 radical (unpaired) electrons. The average molecular weight is 298 g/mol. The Morgan fingerprint density at radius 2 is 2.25 bits per heavy atom. The van der Waals surface area contributed by atoms with Crippen molar-refractivity contribution in [3.05, 3.63) is 33.3 Å². The van der Waals surface area contributed by atoms with E-state index in [1.54, 1.807) is 6.92 Å². The fourth-order valence-corrected chi connectivity index (χ4v) is 1.78. The molecule has 1 aromatic carbocycles. The van der Waals surface area contributed by atoms with Crippen molar-refractivity contribution in [3.63, 3.8) is 0 Å². The number of hydrogen-bond acceptors (Lipinski definition) is 5. The third-order valence-corrected chi connectivity index (χ3v) is 3.03. The van der Waals surface area contributed by atoms with E-state index in [9.17, 15) is 10.1 Å². The molecule has 0 aliphatic carbocycles. The first kappa shape index (κ1) is 16.2. The van der Waals surface area contributed by atoms with Crippen molar-refractivity contribution in [2.45, 2.75) is 31.7 Å². The van der Waals surface area contributed by atoms with Gasteiger partial charge in [0.25, 0.3) is 5.69 Å². The Bertz CT molecular complexity index is 526. The smallest absolute Gasteiger partial charge is 0.271 e. The summed E-state index contributed by atoms with van der Waals surface area (Å²) in [5.41, 5.74) is 4.80. The van der Waals surface area contributed by atoms with Gasteiger partial charge in [0, 0.05) is 12.1 Å². The van der Waals surface area contributed by atoms with Crippen LogP contribution in [0.1, 0.15) is 26.2 Å². The molecule has 1 unspecified atom stereocenters. The predicted molar refractivity (Wildman–Crippen MR) is 75.7 cm³/mol. The van der Waals surface area contributed by atoms with Crippen molar-refractivity contribution >= 4 is 17.3 Å². The number of rotatable bonds is 7. The minimum Gasteiger partial charge on any atom is -0.492 e. The van der Waals surface area contributed by atoms with Crippen LogP contribution in [0, 0.1) is 21.4 Å². The summed E-state index contributed by atoms with van der Waals surface area (Å²) < 4.78 is 5.44. The number of nitro benzene ring substituents is 1. The van der Waals surface area contributed by atoms with Crippen LogP contribution in [0.4, 0.5) is 5.69 Å². The maximum atomic E-state index is 10.6. The van der Waals surface area contributed by atoms with Crippen LogP contribution in [0.15, 0.2) is 18.2 Å². The quantitative estimate of drug-likeness (QED) is 0.473. The van der Waals surface area contributed by atoms with Gasteiger partial charge in [0.05, 0.1) is 22.6 Å². The molecule has 20 heavy (non-hydrogen) atoms. The van der Waals surface area contributed by atoms with Gasteiger partial charge in [0.2, 0.25) is 0 Å². The fourth-order valence-electron chi connectivity index (χ4n) is 1.55. The lowest BCUT2D eigenvalue weighted by molar-refractivity contribution is -0.384. The highest BCUT2D eigenvalue weighted by Crippen LogP contribution is 2.28. The van der Waals surface area contributed by atoms with E-state index < -0.39 is 10.5 Å². The number of nitriles is 1. The Hall–Kier alpha value is -1.84. The lowest BCUT2D eigenvalue weighted by atomic mass is 9.98. The number of halogens is 1. The van der Waals surface area contributed by atoms with Crippen LogP contribution in [-0.2, 0) is 0 Å².